The largest absolute Gasteiger partial charge is 0.457 e. The second-order valence-electron chi connectivity index (χ2n) is 7.13. The van der Waals surface area contributed by atoms with Crippen molar-refractivity contribution < 1.29 is 18.7 Å². The van der Waals surface area contributed by atoms with Crippen molar-refractivity contribution in [1.82, 2.24) is 19.9 Å². The first-order chi connectivity index (χ1) is 15.9. The van der Waals surface area contributed by atoms with Crippen LogP contribution in [0, 0.1) is 5.82 Å². The van der Waals surface area contributed by atoms with E-state index >= 15 is 0 Å². The first-order valence-corrected chi connectivity index (χ1v) is 10.8. The average Bonchev–Trinajstić information content (AvgIpc) is 3.11. The number of nitrogens with zero attached hydrogens (tertiary/aromatic N) is 3. The molecule has 2 aromatic carbocycles. The summed E-state index contributed by atoms with van der Waals surface area (Å²) in [5, 5.41) is 5.85. The van der Waals surface area contributed by atoms with Crippen molar-refractivity contribution in [2.45, 2.75) is 0 Å². The number of halogens is 2. The van der Waals surface area contributed by atoms with E-state index in [-0.39, 0.29) is 17.4 Å². The minimum Gasteiger partial charge on any atom is -0.457 e. The van der Waals surface area contributed by atoms with Crippen molar-refractivity contribution >= 4 is 44.5 Å². The van der Waals surface area contributed by atoms with E-state index in [1.54, 1.807) is 37.4 Å². The third kappa shape index (κ3) is 5.29. The first kappa shape index (κ1) is 22.7. The molecule has 8 nitrogen and oxygen atoms in total. The molecule has 0 fully saturated rings. The first-order valence-electron chi connectivity index (χ1n) is 10.0. The number of amides is 1. The van der Waals surface area contributed by atoms with Crippen LogP contribution in [0.4, 0.5) is 16.0 Å². The van der Waals surface area contributed by atoms with Crippen molar-refractivity contribution in [2.24, 2.45) is 7.05 Å². The van der Waals surface area contributed by atoms with Gasteiger partial charge in [0.15, 0.2) is 0 Å². The van der Waals surface area contributed by atoms with Gasteiger partial charge in [0.1, 0.15) is 23.0 Å². The normalized spacial score (nSPS) is 10.9. The van der Waals surface area contributed by atoms with Gasteiger partial charge in [0.2, 0.25) is 5.95 Å². The van der Waals surface area contributed by atoms with Gasteiger partial charge in [0.25, 0.3) is 5.91 Å². The number of nitrogens with one attached hydrogen (secondary N) is 2. The Balaban J connectivity index is 1.52. The van der Waals surface area contributed by atoms with Crippen LogP contribution >= 0.6 is 15.9 Å². The Hall–Kier alpha value is -3.50. The van der Waals surface area contributed by atoms with Gasteiger partial charge >= 0.3 is 0 Å². The highest BCUT2D eigenvalue weighted by atomic mass is 79.9. The molecule has 10 heteroatoms. The summed E-state index contributed by atoms with van der Waals surface area (Å²) in [4.78, 5) is 20.9. The summed E-state index contributed by atoms with van der Waals surface area (Å²) < 4.78 is 27.0. The summed E-state index contributed by atoms with van der Waals surface area (Å²) in [6.07, 6.45) is 1.51. The lowest BCUT2D eigenvalue weighted by Gasteiger charge is -2.08. The molecule has 0 atom stereocenters. The number of pyridine rings is 1. The molecule has 0 aliphatic heterocycles. The fraction of sp³-hybridized carbons (Fsp3) is 0.174. The Bertz CT molecular complexity index is 1310. The Labute approximate surface area is 197 Å². The van der Waals surface area contributed by atoms with Crippen molar-refractivity contribution in [2.75, 3.05) is 25.6 Å². The topological polar surface area (TPSA) is 90.3 Å². The lowest BCUT2D eigenvalue weighted by atomic mass is 10.3. The minimum absolute atomic E-state index is 0.246. The van der Waals surface area contributed by atoms with Gasteiger partial charge in [-0.2, -0.15) is 0 Å². The average molecular weight is 514 g/mol. The summed E-state index contributed by atoms with van der Waals surface area (Å²) in [7, 11) is 3.43. The van der Waals surface area contributed by atoms with Gasteiger partial charge in [0, 0.05) is 44.7 Å². The maximum Gasteiger partial charge on any atom is 0.270 e. The molecule has 0 bridgehead atoms. The number of fused-ring (bicyclic) bond motifs is 1. The molecular weight excluding hydrogens is 493 g/mol. The lowest BCUT2D eigenvalue weighted by molar-refractivity contribution is 0.0932. The van der Waals surface area contributed by atoms with E-state index in [9.17, 15) is 9.18 Å². The predicted octanol–water partition coefficient (Wildman–Crippen LogP) is 4.78. The van der Waals surface area contributed by atoms with Gasteiger partial charge in [-0.05, 0) is 52.3 Å². The molecule has 2 N–H and O–H groups in total. The number of hydrogen-bond donors (Lipinski definition) is 2. The molecule has 0 aliphatic carbocycles. The van der Waals surface area contributed by atoms with Crippen molar-refractivity contribution in [3.8, 4) is 11.5 Å². The number of hydrogen-bond acceptors (Lipinski definition) is 6. The molecule has 0 saturated heterocycles. The molecular formula is C23H21BrFN5O3. The number of carbonyl (C=O) groups excluding carboxylic acids is 1. The zero-order valence-corrected chi connectivity index (χ0v) is 19.5. The molecule has 0 saturated carbocycles. The van der Waals surface area contributed by atoms with E-state index in [0.717, 1.165) is 5.52 Å². The Morgan fingerprint density at radius 3 is 2.76 bits per heavy atom. The van der Waals surface area contributed by atoms with Crippen LogP contribution in [0.15, 0.2) is 59.2 Å². The van der Waals surface area contributed by atoms with Crippen molar-refractivity contribution in [3.05, 3.63) is 70.7 Å². The molecule has 4 rings (SSSR count). The van der Waals surface area contributed by atoms with E-state index in [2.05, 4.69) is 36.5 Å². The second kappa shape index (κ2) is 9.97. The van der Waals surface area contributed by atoms with E-state index in [1.807, 2.05) is 23.7 Å². The maximum absolute atomic E-state index is 13.8. The molecule has 0 spiro atoms. The maximum atomic E-state index is 13.8. The highest BCUT2D eigenvalue weighted by molar-refractivity contribution is 9.10. The van der Waals surface area contributed by atoms with Crippen LogP contribution in [0.25, 0.3) is 11.0 Å². The summed E-state index contributed by atoms with van der Waals surface area (Å²) in [6, 6.07) is 13.5. The highest BCUT2D eigenvalue weighted by Crippen LogP contribution is 2.29. The van der Waals surface area contributed by atoms with Crippen molar-refractivity contribution in [1.29, 1.82) is 0 Å². The van der Waals surface area contributed by atoms with Gasteiger partial charge in [-0.3, -0.25) is 9.78 Å². The zero-order valence-electron chi connectivity index (χ0n) is 17.9. The van der Waals surface area contributed by atoms with Gasteiger partial charge < -0.3 is 24.7 Å². The van der Waals surface area contributed by atoms with Crippen molar-refractivity contribution in [3.63, 3.8) is 0 Å². The van der Waals surface area contributed by atoms with E-state index < -0.39 is 0 Å². The number of carbonyl (C=O) groups is 1. The number of imidazole rings is 1. The smallest absolute Gasteiger partial charge is 0.270 e. The quantitative estimate of drug-likeness (QED) is 0.329. The molecule has 33 heavy (non-hydrogen) atoms. The number of aryl methyl sites for hydroxylation is 1. The Kier molecular flexibility index (Phi) is 6.85. The molecule has 2 aromatic heterocycles. The molecule has 2 heterocycles. The van der Waals surface area contributed by atoms with Crippen LogP contribution in [-0.4, -0.2) is 40.7 Å². The highest BCUT2D eigenvalue weighted by Gasteiger charge is 2.12. The fourth-order valence-corrected chi connectivity index (χ4v) is 3.40. The van der Waals surface area contributed by atoms with Crippen LogP contribution < -0.4 is 15.4 Å². The number of methoxy groups -OCH3 is 1. The third-order valence-electron chi connectivity index (χ3n) is 4.82. The van der Waals surface area contributed by atoms with Crippen LogP contribution in [0.2, 0.25) is 0 Å². The molecule has 4 aromatic rings. The van der Waals surface area contributed by atoms with Crippen LogP contribution in [0.1, 0.15) is 10.5 Å². The monoisotopic (exact) mass is 513 g/mol. The molecule has 0 aliphatic rings. The predicted molar refractivity (Wildman–Crippen MR) is 127 cm³/mol. The summed E-state index contributed by atoms with van der Waals surface area (Å²) in [6.45, 7) is 0.807. The molecule has 1 amide bonds. The van der Waals surface area contributed by atoms with Crippen LogP contribution in [0.3, 0.4) is 0 Å². The molecule has 0 radical (unpaired) electrons. The Morgan fingerprint density at radius 1 is 1.15 bits per heavy atom. The number of ether oxygens (including phenoxy) is 2. The molecule has 0 unspecified atom stereocenters. The summed E-state index contributed by atoms with van der Waals surface area (Å²) in [5.41, 5.74) is 2.39. The standard InChI is InChI=1S/C23H21BrFN5O3/c1-30-21-6-4-15(33-16-7-8-26-20(13-16)22(31)27-9-10-32-2)12-19(21)29-23(30)28-14-3-5-17(24)18(25)11-14/h3-8,11-13H,9-10H2,1-2H3,(H,27,31)(H,28,29). The second-order valence-corrected chi connectivity index (χ2v) is 7.98. The number of anilines is 2. The zero-order chi connectivity index (χ0) is 23.4. The van der Waals surface area contributed by atoms with Gasteiger partial charge in [-0.1, -0.05) is 0 Å². The van der Waals surface area contributed by atoms with Gasteiger partial charge in [0.05, 0.1) is 22.1 Å². The number of aromatic nitrogens is 3. The van der Waals surface area contributed by atoms with E-state index in [4.69, 9.17) is 9.47 Å². The fourth-order valence-electron chi connectivity index (χ4n) is 3.15. The SMILES string of the molecule is COCCNC(=O)c1cc(Oc2ccc3c(c2)nc(Nc2ccc(Br)c(F)c2)n3C)ccn1. The lowest BCUT2D eigenvalue weighted by Crippen LogP contribution is -2.27. The van der Waals surface area contributed by atoms with E-state index in [0.29, 0.717) is 46.3 Å². The van der Waals surface area contributed by atoms with E-state index in [1.165, 1.54) is 12.3 Å². The Morgan fingerprint density at radius 2 is 1.97 bits per heavy atom. The van der Waals surface area contributed by atoms with Gasteiger partial charge in [-0.25, -0.2) is 9.37 Å². The third-order valence-corrected chi connectivity index (χ3v) is 5.46. The number of benzene rings is 2. The van der Waals surface area contributed by atoms with Crippen LogP contribution in [-0.2, 0) is 11.8 Å². The van der Waals surface area contributed by atoms with Crippen LogP contribution in [0.5, 0.6) is 11.5 Å². The number of rotatable bonds is 8. The summed E-state index contributed by atoms with van der Waals surface area (Å²) in [5.74, 6) is 0.916. The van der Waals surface area contributed by atoms with Gasteiger partial charge in [-0.15, -0.1) is 0 Å². The summed E-state index contributed by atoms with van der Waals surface area (Å²) >= 11 is 3.15. The minimum atomic E-state index is -0.362. The molecule has 170 valence electrons.